The predicted octanol–water partition coefficient (Wildman–Crippen LogP) is 3.96. The van der Waals surface area contributed by atoms with Crippen molar-refractivity contribution in [3.63, 3.8) is 0 Å². The number of rotatable bonds is 4. The van der Waals surface area contributed by atoms with Crippen LogP contribution in [0.25, 0.3) is 0 Å². The zero-order chi connectivity index (χ0) is 14.6. The van der Waals surface area contributed by atoms with Gasteiger partial charge < -0.3 is 5.43 Å². The molecule has 0 bridgehead atoms. The summed E-state index contributed by atoms with van der Waals surface area (Å²) in [5, 5.41) is 0. The second-order valence-corrected chi connectivity index (χ2v) is 6.81. The number of hydrazine groups is 1. The van der Waals surface area contributed by atoms with Gasteiger partial charge in [-0.2, -0.15) is 0 Å². The van der Waals surface area contributed by atoms with Gasteiger partial charge in [-0.3, -0.25) is 0 Å². The summed E-state index contributed by atoms with van der Waals surface area (Å²) in [7, 11) is 0. The number of benzene rings is 1. The minimum absolute atomic E-state index is 0.204. The maximum atomic E-state index is 5.36. The van der Waals surface area contributed by atoms with E-state index in [4.69, 9.17) is 5.84 Å². The average Bonchev–Trinajstić information content (AvgIpc) is 2.45. The molecule has 2 aromatic rings. The molecule has 0 amide bonds. The molecule has 0 atom stereocenters. The van der Waals surface area contributed by atoms with E-state index in [0.717, 1.165) is 5.75 Å². The molecule has 0 unspecified atom stereocenters. The van der Waals surface area contributed by atoms with E-state index in [0.29, 0.717) is 5.82 Å². The Bertz CT molecular complexity index is 559. The quantitative estimate of drug-likeness (QED) is 0.508. The molecule has 1 aromatic heterocycles. The van der Waals surface area contributed by atoms with E-state index in [9.17, 15) is 0 Å². The number of nitrogen functional groups attached to an aromatic ring is 1. The molecule has 0 fully saturated rings. The molecule has 0 spiro atoms. The predicted molar refractivity (Wildman–Crippen MR) is 86.8 cm³/mol. The highest BCUT2D eigenvalue weighted by molar-refractivity contribution is 7.98. The van der Waals surface area contributed by atoms with Crippen molar-refractivity contribution in [3.8, 4) is 0 Å². The van der Waals surface area contributed by atoms with Crippen LogP contribution in [-0.2, 0) is 11.2 Å². The number of thioether (sulfide) groups is 1. The first-order valence-electron chi connectivity index (χ1n) is 6.64. The van der Waals surface area contributed by atoms with Crippen LogP contribution in [0.2, 0.25) is 0 Å². The lowest BCUT2D eigenvalue weighted by molar-refractivity contribution is 0.590. The molecule has 1 heterocycles. The molecule has 2 rings (SSSR count). The lowest BCUT2D eigenvalue weighted by Gasteiger charge is -2.19. The van der Waals surface area contributed by atoms with E-state index >= 15 is 0 Å². The van der Waals surface area contributed by atoms with Crippen LogP contribution in [0.15, 0.2) is 47.5 Å². The fraction of sp³-hybridized carbons (Fsp3) is 0.312. The third-order valence-corrected chi connectivity index (χ3v) is 4.18. The van der Waals surface area contributed by atoms with Gasteiger partial charge in [-0.05, 0) is 40.8 Å². The molecular formula is C16H21N3S. The first-order chi connectivity index (χ1) is 9.49. The van der Waals surface area contributed by atoms with Gasteiger partial charge >= 0.3 is 0 Å². The summed E-state index contributed by atoms with van der Waals surface area (Å²) < 4.78 is 0. The van der Waals surface area contributed by atoms with Gasteiger partial charge in [0.2, 0.25) is 0 Å². The highest BCUT2D eigenvalue weighted by Crippen LogP contribution is 2.27. The average molecular weight is 287 g/mol. The molecular weight excluding hydrogens is 266 g/mol. The normalized spacial score (nSPS) is 11.4. The van der Waals surface area contributed by atoms with E-state index < -0.39 is 0 Å². The molecule has 0 aliphatic carbocycles. The first-order valence-corrected chi connectivity index (χ1v) is 7.62. The van der Waals surface area contributed by atoms with E-state index in [2.05, 4.69) is 55.4 Å². The second kappa shape index (κ2) is 6.29. The molecule has 0 aliphatic heterocycles. The Morgan fingerprint density at radius 3 is 2.45 bits per heavy atom. The van der Waals surface area contributed by atoms with Gasteiger partial charge in [0.1, 0.15) is 5.82 Å². The van der Waals surface area contributed by atoms with Crippen LogP contribution >= 0.6 is 11.8 Å². The molecule has 1 aromatic carbocycles. The molecule has 4 heteroatoms. The van der Waals surface area contributed by atoms with Gasteiger partial charge in [-0.1, -0.05) is 32.9 Å². The second-order valence-electron chi connectivity index (χ2n) is 5.76. The lowest BCUT2D eigenvalue weighted by atomic mass is 9.87. The SMILES string of the molecule is CC(C)(C)c1ccc(SCc2ccnc(NN)c2)cc1. The fourth-order valence-electron chi connectivity index (χ4n) is 1.86. The van der Waals surface area contributed by atoms with Crippen LogP contribution < -0.4 is 11.3 Å². The Balaban J connectivity index is 2.00. The number of anilines is 1. The van der Waals surface area contributed by atoms with Crippen molar-refractivity contribution in [2.75, 3.05) is 5.43 Å². The standard InChI is InChI=1S/C16H21N3S/c1-16(2,3)13-4-6-14(7-5-13)20-11-12-8-9-18-15(10-12)19-17/h4-10H,11,17H2,1-3H3,(H,18,19). The fourth-order valence-corrected chi connectivity index (χ4v) is 2.70. The molecule has 20 heavy (non-hydrogen) atoms. The van der Waals surface area contributed by atoms with Crippen molar-refractivity contribution in [2.45, 2.75) is 36.8 Å². The van der Waals surface area contributed by atoms with Gasteiger partial charge in [-0.15, -0.1) is 11.8 Å². The highest BCUT2D eigenvalue weighted by atomic mass is 32.2. The minimum Gasteiger partial charge on any atom is -0.308 e. The third kappa shape index (κ3) is 3.99. The number of pyridine rings is 1. The summed E-state index contributed by atoms with van der Waals surface area (Å²) in [6, 6.07) is 12.8. The van der Waals surface area contributed by atoms with Crippen LogP contribution in [0.3, 0.4) is 0 Å². The monoisotopic (exact) mass is 287 g/mol. The molecule has 0 radical (unpaired) electrons. The number of nitrogens with two attached hydrogens (primary N) is 1. The highest BCUT2D eigenvalue weighted by Gasteiger charge is 2.12. The Labute approximate surface area is 125 Å². The molecule has 3 N–H and O–H groups in total. The topological polar surface area (TPSA) is 50.9 Å². The number of aromatic nitrogens is 1. The lowest BCUT2D eigenvalue weighted by Crippen LogP contribution is -2.10. The molecule has 3 nitrogen and oxygen atoms in total. The zero-order valence-corrected chi connectivity index (χ0v) is 13.0. The van der Waals surface area contributed by atoms with Crippen LogP contribution in [0.4, 0.5) is 5.82 Å². The van der Waals surface area contributed by atoms with Gasteiger partial charge in [0.05, 0.1) is 0 Å². The van der Waals surface area contributed by atoms with Crippen molar-refractivity contribution >= 4 is 17.6 Å². The van der Waals surface area contributed by atoms with Crippen LogP contribution in [-0.4, -0.2) is 4.98 Å². The molecule has 0 aliphatic rings. The van der Waals surface area contributed by atoms with E-state index in [1.165, 1.54) is 16.0 Å². The number of nitrogens with zero attached hydrogens (tertiary/aromatic N) is 1. The number of nitrogens with one attached hydrogen (secondary N) is 1. The zero-order valence-electron chi connectivity index (χ0n) is 12.2. The maximum Gasteiger partial charge on any atom is 0.140 e. The Kier molecular flexibility index (Phi) is 4.68. The maximum absolute atomic E-state index is 5.36. The van der Waals surface area contributed by atoms with Crippen molar-refractivity contribution in [1.82, 2.24) is 4.98 Å². The largest absolute Gasteiger partial charge is 0.308 e. The summed E-state index contributed by atoms with van der Waals surface area (Å²) in [5.41, 5.74) is 5.34. The molecule has 106 valence electrons. The summed E-state index contributed by atoms with van der Waals surface area (Å²) in [4.78, 5) is 5.38. The van der Waals surface area contributed by atoms with Gasteiger partial charge in [0.25, 0.3) is 0 Å². The number of hydrogen-bond acceptors (Lipinski definition) is 4. The van der Waals surface area contributed by atoms with Crippen LogP contribution in [0.1, 0.15) is 31.9 Å². The summed E-state index contributed by atoms with van der Waals surface area (Å²) in [6.07, 6.45) is 1.77. The Morgan fingerprint density at radius 1 is 1.15 bits per heavy atom. The van der Waals surface area contributed by atoms with E-state index in [1.54, 1.807) is 6.20 Å². The van der Waals surface area contributed by atoms with Crippen molar-refractivity contribution in [2.24, 2.45) is 5.84 Å². The third-order valence-electron chi connectivity index (χ3n) is 3.10. The van der Waals surface area contributed by atoms with Gasteiger partial charge in [-0.25, -0.2) is 10.8 Å². The summed E-state index contributed by atoms with van der Waals surface area (Å²) >= 11 is 1.82. The van der Waals surface area contributed by atoms with Crippen LogP contribution in [0.5, 0.6) is 0 Å². The van der Waals surface area contributed by atoms with E-state index in [-0.39, 0.29) is 5.41 Å². The first kappa shape index (κ1) is 14.9. The smallest absolute Gasteiger partial charge is 0.140 e. The molecule has 0 saturated carbocycles. The summed E-state index contributed by atoms with van der Waals surface area (Å²) in [6.45, 7) is 6.69. The Hall–Kier alpha value is -1.52. The number of hydrogen-bond donors (Lipinski definition) is 2. The summed E-state index contributed by atoms with van der Waals surface area (Å²) in [5.74, 6) is 6.97. The van der Waals surface area contributed by atoms with Crippen LogP contribution in [0, 0.1) is 0 Å². The van der Waals surface area contributed by atoms with Gasteiger partial charge in [0, 0.05) is 16.8 Å². The van der Waals surface area contributed by atoms with Gasteiger partial charge in [0.15, 0.2) is 0 Å². The van der Waals surface area contributed by atoms with E-state index in [1.807, 2.05) is 23.9 Å². The van der Waals surface area contributed by atoms with Crippen molar-refractivity contribution in [3.05, 3.63) is 53.7 Å². The minimum atomic E-state index is 0.204. The van der Waals surface area contributed by atoms with Crippen molar-refractivity contribution in [1.29, 1.82) is 0 Å². The van der Waals surface area contributed by atoms with Crippen molar-refractivity contribution < 1.29 is 0 Å². The molecule has 0 saturated heterocycles. The Morgan fingerprint density at radius 2 is 1.85 bits per heavy atom.